The van der Waals surface area contributed by atoms with Crippen LogP contribution in [0, 0.1) is 0 Å². The first-order valence-corrected chi connectivity index (χ1v) is 7.11. The number of nitrogens with zero attached hydrogens (tertiary/aromatic N) is 1. The summed E-state index contributed by atoms with van der Waals surface area (Å²) in [6, 6.07) is 5.11. The molecule has 0 heterocycles. The van der Waals surface area contributed by atoms with Gasteiger partial charge < -0.3 is 5.73 Å². The van der Waals surface area contributed by atoms with Gasteiger partial charge in [-0.15, -0.1) is 0 Å². The molecule has 16 heavy (non-hydrogen) atoms. The average Bonchev–Trinajstić information content (AvgIpc) is 2.28. The van der Waals surface area contributed by atoms with Crippen LogP contribution >= 0.6 is 15.9 Å². The lowest BCUT2D eigenvalue weighted by molar-refractivity contribution is 0.486. The molecule has 0 unspecified atom stereocenters. The van der Waals surface area contributed by atoms with Crippen molar-refractivity contribution in [2.75, 3.05) is 13.6 Å². The van der Waals surface area contributed by atoms with Gasteiger partial charge in [0.15, 0.2) is 0 Å². The predicted molar refractivity (Wildman–Crippen MR) is 67.5 cm³/mol. The number of nitrogens with two attached hydrogens (primary N) is 1. The third kappa shape index (κ3) is 2.63. The summed E-state index contributed by atoms with van der Waals surface area (Å²) in [6.07, 6.45) is 0. The van der Waals surface area contributed by atoms with Crippen molar-refractivity contribution in [2.45, 2.75) is 18.4 Å². The lowest BCUT2D eigenvalue weighted by atomic mass is 10.2. The van der Waals surface area contributed by atoms with Crippen molar-refractivity contribution in [3.63, 3.8) is 0 Å². The van der Waals surface area contributed by atoms with Crippen LogP contribution in [0.3, 0.4) is 0 Å². The minimum atomic E-state index is -3.42. The number of rotatable bonds is 4. The molecule has 1 aromatic rings. The van der Waals surface area contributed by atoms with Gasteiger partial charge in [-0.1, -0.05) is 13.0 Å². The molecule has 0 aliphatic carbocycles. The normalized spacial score (nSPS) is 12.1. The van der Waals surface area contributed by atoms with Gasteiger partial charge in [-0.05, 0) is 33.6 Å². The van der Waals surface area contributed by atoms with Crippen molar-refractivity contribution in [2.24, 2.45) is 5.73 Å². The van der Waals surface area contributed by atoms with Gasteiger partial charge in [-0.2, -0.15) is 0 Å². The highest BCUT2D eigenvalue weighted by molar-refractivity contribution is 9.10. The molecule has 0 saturated heterocycles. The van der Waals surface area contributed by atoms with E-state index in [0.29, 0.717) is 17.6 Å². The molecule has 0 spiro atoms. The summed E-state index contributed by atoms with van der Waals surface area (Å²) < 4.78 is 26.1. The van der Waals surface area contributed by atoms with Crippen molar-refractivity contribution in [1.29, 1.82) is 0 Å². The van der Waals surface area contributed by atoms with Crippen LogP contribution in [0.1, 0.15) is 12.5 Å². The number of benzene rings is 1. The SMILES string of the molecule is CCN(C)S(=O)(=O)c1cc(CN)ccc1Br. The van der Waals surface area contributed by atoms with Crippen LogP contribution in [0.4, 0.5) is 0 Å². The molecular weight excluding hydrogens is 292 g/mol. The van der Waals surface area contributed by atoms with E-state index in [0.717, 1.165) is 5.56 Å². The van der Waals surface area contributed by atoms with Gasteiger partial charge in [0.2, 0.25) is 10.0 Å². The fourth-order valence-corrected chi connectivity index (χ4v) is 3.36. The largest absolute Gasteiger partial charge is 0.326 e. The van der Waals surface area contributed by atoms with E-state index in [4.69, 9.17) is 5.73 Å². The summed E-state index contributed by atoms with van der Waals surface area (Å²) in [4.78, 5) is 0.264. The van der Waals surface area contributed by atoms with Crippen LogP contribution in [-0.2, 0) is 16.6 Å². The Hall–Kier alpha value is -0.430. The molecule has 0 amide bonds. The zero-order chi connectivity index (χ0) is 12.3. The van der Waals surface area contributed by atoms with E-state index in [1.165, 1.54) is 4.31 Å². The molecule has 1 aromatic carbocycles. The smallest absolute Gasteiger partial charge is 0.243 e. The average molecular weight is 307 g/mol. The fourth-order valence-electron chi connectivity index (χ4n) is 1.21. The Balaban J connectivity index is 3.32. The first-order chi connectivity index (χ1) is 7.43. The Kier molecular flexibility index (Phi) is 4.49. The van der Waals surface area contributed by atoms with E-state index in [9.17, 15) is 8.42 Å². The lowest BCUT2D eigenvalue weighted by Gasteiger charge is -2.16. The van der Waals surface area contributed by atoms with Crippen molar-refractivity contribution >= 4 is 26.0 Å². The number of sulfonamides is 1. The molecule has 0 aliphatic heterocycles. The van der Waals surface area contributed by atoms with Crippen molar-refractivity contribution in [3.8, 4) is 0 Å². The first kappa shape index (κ1) is 13.6. The maximum Gasteiger partial charge on any atom is 0.243 e. The highest BCUT2D eigenvalue weighted by atomic mass is 79.9. The van der Waals surface area contributed by atoms with E-state index in [1.807, 2.05) is 0 Å². The Morgan fingerprint density at radius 1 is 1.44 bits per heavy atom. The standard InChI is InChI=1S/C10H15BrN2O2S/c1-3-13(2)16(14,15)10-6-8(7-12)4-5-9(10)11/h4-6H,3,7,12H2,1-2H3. The molecule has 0 aromatic heterocycles. The zero-order valence-corrected chi connectivity index (χ0v) is 11.7. The van der Waals surface area contributed by atoms with Crippen LogP contribution in [-0.4, -0.2) is 26.3 Å². The van der Waals surface area contributed by atoms with Crippen LogP contribution in [0.2, 0.25) is 0 Å². The molecule has 0 radical (unpaired) electrons. The Bertz CT molecular complexity index is 474. The summed E-state index contributed by atoms with van der Waals surface area (Å²) in [6.45, 7) is 2.55. The second kappa shape index (κ2) is 5.27. The van der Waals surface area contributed by atoms with Gasteiger partial charge in [-0.25, -0.2) is 12.7 Å². The molecule has 90 valence electrons. The summed E-state index contributed by atoms with van der Waals surface area (Å²) >= 11 is 3.25. The third-order valence-corrected chi connectivity index (χ3v) is 5.29. The van der Waals surface area contributed by atoms with Gasteiger partial charge in [0, 0.05) is 24.6 Å². The number of hydrogen-bond acceptors (Lipinski definition) is 3. The highest BCUT2D eigenvalue weighted by Gasteiger charge is 2.22. The quantitative estimate of drug-likeness (QED) is 0.918. The Labute approximate surface area is 105 Å². The molecule has 0 aliphatic rings. The monoisotopic (exact) mass is 306 g/mol. The van der Waals surface area contributed by atoms with E-state index >= 15 is 0 Å². The molecule has 0 fully saturated rings. The van der Waals surface area contributed by atoms with Crippen molar-refractivity contribution in [3.05, 3.63) is 28.2 Å². The van der Waals surface area contributed by atoms with E-state index in [-0.39, 0.29) is 4.90 Å². The Morgan fingerprint density at radius 2 is 2.06 bits per heavy atom. The molecule has 6 heteroatoms. The highest BCUT2D eigenvalue weighted by Crippen LogP contribution is 2.25. The maximum absolute atomic E-state index is 12.1. The fraction of sp³-hybridized carbons (Fsp3) is 0.400. The van der Waals surface area contributed by atoms with Crippen LogP contribution in [0.25, 0.3) is 0 Å². The maximum atomic E-state index is 12.1. The molecular formula is C10H15BrN2O2S. The predicted octanol–water partition coefficient (Wildman–Crippen LogP) is 1.55. The summed E-state index contributed by atoms with van der Waals surface area (Å²) in [5.74, 6) is 0. The molecule has 4 nitrogen and oxygen atoms in total. The van der Waals surface area contributed by atoms with Gasteiger partial charge >= 0.3 is 0 Å². The lowest BCUT2D eigenvalue weighted by Crippen LogP contribution is -2.27. The van der Waals surface area contributed by atoms with Crippen LogP contribution < -0.4 is 5.73 Å². The number of halogens is 1. The van der Waals surface area contributed by atoms with Crippen molar-refractivity contribution < 1.29 is 8.42 Å². The number of hydrogen-bond donors (Lipinski definition) is 1. The zero-order valence-electron chi connectivity index (χ0n) is 9.27. The first-order valence-electron chi connectivity index (χ1n) is 4.88. The van der Waals surface area contributed by atoms with Gasteiger partial charge in [-0.3, -0.25) is 0 Å². The second-order valence-electron chi connectivity index (χ2n) is 3.39. The van der Waals surface area contributed by atoms with Crippen LogP contribution in [0.5, 0.6) is 0 Å². The minimum Gasteiger partial charge on any atom is -0.326 e. The van der Waals surface area contributed by atoms with Gasteiger partial charge in [0.25, 0.3) is 0 Å². The Morgan fingerprint density at radius 3 is 2.56 bits per heavy atom. The summed E-state index contributed by atoms with van der Waals surface area (Å²) in [7, 11) is -1.87. The van der Waals surface area contributed by atoms with E-state index in [1.54, 1.807) is 32.2 Å². The van der Waals surface area contributed by atoms with Gasteiger partial charge in [0.1, 0.15) is 0 Å². The second-order valence-corrected chi connectivity index (χ2v) is 6.26. The molecule has 0 saturated carbocycles. The molecule has 2 N–H and O–H groups in total. The third-order valence-electron chi connectivity index (χ3n) is 2.36. The van der Waals surface area contributed by atoms with Gasteiger partial charge in [0.05, 0.1) is 4.90 Å². The van der Waals surface area contributed by atoms with Crippen molar-refractivity contribution in [1.82, 2.24) is 4.31 Å². The molecule has 1 rings (SSSR count). The van der Waals surface area contributed by atoms with E-state index < -0.39 is 10.0 Å². The minimum absolute atomic E-state index is 0.264. The summed E-state index contributed by atoms with van der Waals surface area (Å²) in [5, 5.41) is 0. The topological polar surface area (TPSA) is 63.4 Å². The molecule has 0 atom stereocenters. The molecule has 0 bridgehead atoms. The summed E-state index contributed by atoms with van der Waals surface area (Å²) in [5.41, 5.74) is 6.29. The van der Waals surface area contributed by atoms with Crippen LogP contribution in [0.15, 0.2) is 27.6 Å². The van der Waals surface area contributed by atoms with E-state index in [2.05, 4.69) is 15.9 Å².